The largest absolute Gasteiger partial charge is 0.312 e. The van der Waals surface area contributed by atoms with Crippen LogP contribution in [0.15, 0.2) is 12.1 Å². The van der Waals surface area contributed by atoms with Crippen molar-refractivity contribution in [3.8, 4) is 0 Å². The highest BCUT2D eigenvalue weighted by Crippen LogP contribution is 2.48. The lowest BCUT2D eigenvalue weighted by molar-refractivity contribution is 0.378. The molecule has 0 atom stereocenters. The van der Waals surface area contributed by atoms with Gasteiger partial charge in [0.15, 0.2) is 0 Å². The molecule has 0 saturated heterocycles. The number of nitrogens with one attached hydrogen (secondary N) is 1. The molecule has 2 saturated carbocycles. The highest BCUT2D eigenvalue weighted by Gasteiger charge is 2.40. The normalized spacial score (nSPS) is 19.2. The second kappa shape index (κ2) is 5.81. The standard InChI is InChI=1S/C15H18Cl3N/c16-13-5-6-14(17)15(18)12(13)8-19-7-11(9-1-2-9)10-3-4-10/h5-6,9-11,19H,1-4,7-8H2. The van der Waals surface area contributed by atoms with Gasteiger partial charge in [-0.05, 0) is 62.1 Å². The van der Waals surface area contributed by atoms with E-state index in [1.165, 1.54) is 25.7 Å². The van der Waals surface area contributed by atoms with Crippen molar-refractivity contribution >= 4 is 34.8 Å². The van der Waals surface area contributed by atoms with Crippen LogP contribution in [0.1, 0.15) is 31.2 Å². The molecule has 2 aliphatic carbocycles. The number of rotatable bonds is 6. The van der Waals surface area contributed by atoms with Crippen LogP contribution in [0.25, 0.3) is 0 Å². The fraction of sp³-hybridized carbons (Fsp3) is 0.600. The third kappa shape index (κ3) is 3.39. The van der Waals surface area contributed by atoms with Crippen molar-refractivity contribution in [3.63, 3.8) is 0 Å². The van der Waals surface area contributed by atoms with Crippen molar-refractivity contribution in [2.45, 2.75) is 32.2 Å². The topological polar surface area (TPSA) is 12.0 Å². The Bertz CT molecular complexity index is 455. The summed E-state index contributed by atoms with van der Waals surface area (Å²) in [6.07, 6.45) is 5.67. The van der Waals surface area contributed by atoms with E-state index in [4.69, 9.17) is 34.8 Å². The van der Waals surface area contributed by atoms with Crippen molar-refractivity contribution < 1.29 is 0 Å². The first kappa shape index (κ1) is 14.0. The molecule has 0 spiro atoms. The molecule has 0 amide bonds. The molecule has 0 unspecified atom stereocenters. The van der Waals surface area contributed by atoms with Crippen LogP contribution in [0.2, 0.25) is 15.1 Å². The van der Waals surface area contributed by atoms with Gasteiger partial charge in [-0.1, -0.05) is 34.8 Å². The Kier molecular flexibility index (Phi) is 4.28. The molecule has 0 heterocycles. The third-order valence-corrected chi connectivity index (χ3v) is 5.47. The summed E-state index contributed by atoms with van der Waals surface area (Å²) in [5.74, 6) is 2.78. The highest BCUT2D eigenvalue weighted by atomic mass is 35.5. The minimum Gasteiger partial charge on any atom is -0.312 e. The molecular formula is C15H18Cl3N. The number of hydrogen-bond acceptors (Lipinski definition) is 1. The maximum Gasteiger partial charge on any atom is 0.0652 e. The van der Waals surface area contributed by atoms with Crippen molar-refractivity contribution in [1.29, 1.82) is 0 Å². The summed E-state index contributed by atoms with van der Waals surface area (Å²) in [6, 6.07) is 3.55. The predicted octanol–water partition coefficient (Wildman–Crippen LogP) is 5.17. The van der Waals surface area contributed by atoms with E-state index in [0.717, 1.165) is 29.9 Å². The van der Waals surface area contributed by atoms with Gasteiger partial charge in [0.05, 0.1) is 10.0 Å². The van der Waals surface area contributed by atoms with E-state index < -0.39 is 0 Å². The summed E-state index contributed by atoms with van der Waals surface area (Å²) in [5.41, 5.74) is 0.918. The fourth-order valence-electron chi connectivity index (χ4n) is 2.86. The first-order valence-electron chi connectivity index (χ1n) is 7.00. The Morgan fingerprint density at radius 1 is 1.00 bits per heavy atom. The maximum atomic E-state index is 6.21. The second-order valence-electron chi connectivity index (χ2n) is 5.79. The van der Waals surface area contributed by atoms with Gasteiger partial charge in [0.25, 0.3) is 0 Å². The van der Waals surface area contributed by atoms with E-state index in [0.29, 0.717) is 21.6 Å². The monoisotopic (exact) mass is 317 g/mol. The van der Waals surface area contributed by atoms with E-state index in [9.17, 15) is 0 Å². The van der Waals surface area contributed by atoms with Crippen LogP contribution in [0.5, 0.6) is 0 Å². The summed E-state index contributed by atoms with van der Waals surface area (Å²) in [7, 11) is 0. The van der Waals surface area contributed by atoms with Gasteiger partial charge in [0.2, 0.25) is 0 Å². The Morgan fingerprint density at radius 2 is 1.58 bits per heavy atom. The molecule has 0 radical (unpaired) electrons. The predicted molar refractivity (Wildman–Crippen MR) is 82.1 cm³/mol. The van der Waals surface area contributed by atoms with Gasteiger partial charge in [-0.15, -0.1) is 0 Å². The van der Waals surface area contributed by atoms with Crippen molar-refractivity contribution in [2.75, 3.05) is 6.54 Å². The first-order valence-corrected chi connectivity index (χ1v) is 8.13. The summed E-state index contributed by atoms with van der Waals surface area (Å²) in [6.45, 7) is 1.78. The van der Waals surface area contributed by atoms with Gasteiger partial charge >= 0.3 is 0 Å². The second-order valence-corrected chi connectivity index (χ2v) is 6.98. The van der Waals surface area contributed by atoms with Crippen molar-refractivity contribution in [1.82, 2.24) is 5.32 Å². The molecule has 104 valence electrons. The van der Waals surface area contributed by atoms with Gasteiger partial charge < -0.3 is 5.32 Å². The molecule has 1 nitrogen and oxygen atoms in total. The SMILES string of the molecule is Clc1ccc(Cl)c(CNCC(C2CC2)C2CC2)c1Cl. The molecule has 1 N–H and O–H groups in total. The Morgan fingerprint density at radius 3 is 2.16 bits per heavy atom. The lowest BCUT2D eigenvalue weighted by Crippen LogP contribution is -2.25. The molecule has 2 fully saturated rings. The van der Waals surface area contributed by atoms with Crippen molar-refractivity contribution in [2.24, 2.45) is 17.8 Å². The van der Waals surface area contributed by atoms with E-state index in [-0.39, 0.29) is 0 Å². The van der Waals surface area contributed by atoms with Crippen LogP contribution < -0.4 is 5.32 Å². The van der Waals surface area contributed by atoms with Gasteiger partial charge in [-0.25, -0.2) is 0 Å². The van der Waals surface area contributed by atoms with Gasteiger partial charge in [0.1, 0.15) is 0 Å². The summed E-state index contributed by atoms with van der Waals surface area (Å²) >= 11 is 18.4. The number of hydrogen-bond donors (Lipinski definition) is 1. The molecule has 4 heteroatoms. The summed E-state index contributed by atoms with van der Waals surface area (Å²) in [4.78, 5) is 0. The Labute approximate surface area is 129 Å². The zero-order valence-corrected chi connectivity index (χ0v) is 13.0. The summed E-state index contributed by atoms with van der Waals surface area (Å²) < 4.78 is 0. The van der Waals surface area contributed by atoms with E-state index in [2.05, 4.69) is 5.32 Å². The van der Waals surface area contributed by atoms with Gasteiger partial charge in [-0.3, -0.25) is 0 Å². The summed E-state index contributed by atoms with van der Waals surface area (Å²) in [5, 5.41) is 5.37. The molecular weight excluding hydrogens is 301 g/mol. The molecule has 0 aromatic heterocycles. The Hall–Kier alpha value is 0.0500. The molecule has 0 bridgehead atoms. The number of benzene rings is 1. The third-order valence-electron chi connectivity index (χ3n) is 4.28. The van der Waals surface area contributed by atoms with Crippen molar-refractivity contribution in [3.05, 3.63) is 32.8 Å². The lowest BCUT2D eigenvalue weighted by atomic mass is 9.98. The van der Waals surface area contributed by atoms with E-state index in [1.807, 2.05) is 6.07 Å². The van der Waals surface area contributed by atoms with Crippen LogP contribution in [-0.2, 0) is 6.54 Å². The van der Waals surface area contributed by atoms with Crippen LogP contribution >= 0.6 is 34.8 Å². The molecule has 0 aliphatic heterocycles. The van der Waals surface area contributed by atoms with Crippen LogP contribution in [0.4, 0.5) is 0 Å². The van der Waals surface area contributed by atoms with Crippen LogP contribution in [0, 0.1) is 17.8 Å². The van der Waals surface area contributed by atoms with Crippen LogP contribution in [-0.4, -0.2) is 6.54 Å². The smallest absolute Gasteiger partial charge is 0.0652 e. The van der Waals surface area contributed by atoms with Gasteiger partial charge in [0, 0.05) is 17.1 Å². The van der Waals surface area contributed by atoms with E-state index in [1.54, 1.807) is 6.07 Å². The maximum absolute atomic E-state index is 6.21. The molecule has 19 heavy (non-hydrogen) atoms. The first-order chi connectivity index (χ1) is 9.16. The lowest BCUT2D eigenvalue weighted by Gasteiger charge is -2.17. The quantitative estimate of drug-likeness (QED) is 0.713. The van der Waals surface area contributed by atoms with Gasteiger partial charge in [-0.2, -0.15) is 0 Å². The molecule has 1 aromatic carbocycles. The zero-order chi connectivity index (χ0) is 13.4. The van der Waals surface area contributed by atoms with E-state index >= 15 is 0 Å². The average molecular weight is 319 g/mol. The average Bonchev–Trinajstić information content (AvgIpc) is 3.26. The zero-order valence-electron chi connectivity index (χ0n) is 10.8. The highest BCUT2D eigenvalue weighted by molar-refractivity contribution is 6.44. The number of halogens is 3. The molecule has 3 rings (SSSR count). The minimum absolute atomic E-state index is 0.573. The molecule has 1 aromatic rings. The molecule has 2 aliphatic rings. The Balaban J connectivity index is 1.58. The fourth-order valence-corrected chi connectivity index (χ4v) is 3.54. The minimum atomic E-state index is 0.573. The van der Waals surface area contributed by atoms with Crippen LogP contribution in [0.3, 0.4) is 0 Å².